The smallest absolute Gasteiger partial charge is 0.230 e. The molecule has 0 spiro atoms. The Kier molecular flexibility index (Phi) is 7.44. The fourth-order valence-corrected chi connectivity index (χ4v) is 4.50. The van der Waals surface area contributed by atoms with Gasteiger partial charge in [-0.2, -0.15) is 0 Å². The molecule has 3 aromatic rings. The van der Waals surface area contributed by atoms with E-state index in [1.165, 1.54) is 11.8 Å². The first kappa shape index (κ1) is 22.4. The van der Waals surface area contributed by atoms with Gasteiger partial charge in [0, 0.05) is 18.8 Å². The summed E-state index contributed by atoms with van der Waals surface area (Å²) in [6, 6.07) is 16.0. The summed E-state index contributed by atoms with van der Waals surface area (Å²) in [6.07, 6.45) is 2.19. The number of aromatic nitrogens is 3. The van der Waals surface area contributed by atoms with Gasteiger partial charge in [-0.15, -0.1) is 10.2 Å². The Labute approximate surface area is 192 Å². The summed E-state index contributed by atoms with van der Waals surface area (Å²) in [4.78, 5) is 12.3. The lowest BCUT2D eigenvalue weighted by Gasteiger charge is -2.14. The summed E-state index contributed by atoms with van der Waals surface area (Å²) in [6.45, 7) is 5.67. The van der Waals surface area contributed by atoms with E-state index in [0.29, 0.717) is 17.5 Å². The van der Waals surface area contributed by atoms with Gasteiger partial charge in [-0.05, 0) is 49.9 Å². The van der Waals surface area contributed by atoms with Crippen LogP contribution in [0.25, 0.3) is 5.69 Å². The number of thioether (sulfide) groups is 1. The number of para-hydroxylation sites is 2. The lowest BCUT2D eigenvalue weighted by atomic mass is 10.1. The van der Waals surface area contributed by atoms with E-state index in [1.54, 1.807) is 0 Å². The van der Waals surface area contributed by atoms with Crippen molar-refractivity contribution in [3.05, 3.63) is 65.5 Å². The standard InChI is InChI=1S/C24H28N4O3S/c1-17-8-6-9-18(2)23(17)31-15-21-26-27-24(28(21)19-10-4-3-5-11-19)32-16-22(29)25-14-20-12-7-13-30-20/h3-6,8-11,20H,7,12-16H2,1-2H3,(H,25,29)/t20-/m1/s1. The lowest BCUT2D eigenvalue weighted by molar-refractivity contribution is -0.119. The second-order valence-electron chi connectivity index (χ2n) is 7.81. The first-order chi connectivity index (χ1) is 15.6. The normalized spacial score (nSPS) is 15.6. The largest absolute Gasteiger partial charge is 0.485 e. The molecule has 1 saturated heterocycles. The minimum Gasteiger partial charge on any atom is -0.485 e. The van der Waals surface area contributed by atoms with E-state index in [1.807, 2.05) is 66.9 Å². The van der Waals surface area contributed by atoms with Gasteiger partial charge in [-0.3, -0.25) is 9.36 Å². The van der Waals surface area contributed by atoms with Crippen molar-refractivity contribution in [2.45, 2.75) is 44.6 Å². The molecule has 1 aromatic heterocycles. The predicted octanol–water partition coefficient (Wildman–Crippen LogP) is 3.85. The Morgan fingerprint density at radius 2 is 1.94 bits per heavy atom. The minimum atomic E-state index is -0.0403. The van der Waals surface area contributed by atoms with Gasteiger partial charge in [0.1, 0.15) is 12.4 Å². The first-order valence-corrected chi connectivity index (χ1v) is 11.8. The topological polar surface area (TPSA) is 78.3 Å². The maximum absolute atomic E-state index is 12.3. The molecule has 0 aliphatic carbocycles. The van der Waals surface area contributed by atoms with E-state index >= 15 is 0 Å². The van der Waals surface area contributed by atoms with Crippen molar-refractivity contribution in [2.75, 3.05) is 18.9 Å². The molecule has 7 nitrogen and oxygen atoms in total. The number of amides is 1. The Hall–Kier alpha value is -2.84. The summed E-state index contributed by atoms with van der Waals surface area (Å²) < 4.78 is 13.6. The maximum atomic E-state index is 12.3. The highest BCUT2D eigenvalue weighted by Crippen LogP contribution is 2.26. The molecule has 8 heteroatoms. The Balaban J connectivity index is 1.46. The first-order valence-electron chi connectivity index (χ1n) is 10.8. The zero-order valence-electron chi connectivity index (χ0n) is 18.4. The molecule has 168 valence electrons. The summed E-state index contributed by atoms with van der Waals surface area (Å²) >= 11 is 1.36. The molecule has 0 bridgehead atoms. The minimum absolute atomic E-state index is 0.0403. The highest BCUT2D eigenvalue weighted by Gasteiger charge is 2.19. The van der Waals surface area contributed by atoms with Gasteiger partial charge in [-0.25, -0.2) is 0 Å². The van der Waals surface area contributed by atoms with Gasteiger partial charge in [0.05, 0.1) is 11.9 Å². The molecule has 2 heterocycles. The number of rotatable bonds is 9. The van der Waals surface area contributed by atoms with Crippen LogP contribution in [-0.4, -0.2) is 45.7 Å². The van der Waals surface area contributed by atoms with Crippen molar-refractivity contribution in [1.82, 2.24) is 20.1 Å². The molecule has 32 heavy (non-hydrogen) atoms. The molecule has 1 atom stereocenters. The average molecular weight is 453 g/mol. The van der Waals surface area contributed by atoms with Crippen LogP contribution in [0.4, 0.5) is 0 Å². The second kappa shape index (κ2) is 10.7. The number of benzene rings is 2. The highest BCUT2D eigenvalue weighted by molar-refractivity contribution is 7.99. The number of hydrogen-bond acceptors (Lipinski definition) is 6. The monoisotopic (exact) mass is 452 g/mol. The van der Waals surface area contributed by atoms with E-state index in [2.05, 4.69) is 15.5 Å². The van der Waals surface area contributed by atoms with Crippen molar-refractivity contribution >= 4 is 17.7 Å². The van der Waals surface area contributed by atoms with Gasteiger partial charge < -0.3 is 14.8 Å². The summed E-state index contributed by atoms with van der Waals surface area (Å²) in [5.41, 5.74) is 3.08. The van der Waals surface area contributed by atoms with Crippen molar-refractivity contribution in [3.8, 4) is 11.4 Å². The zero-order valence-corrected chi connectivity index (χ0v) is 19.2. The van der Waals surface area contributed by atoms with Crippen LogP contribution >= 0.6 is 11.8 Å². The van der Waals surface area contributed by atoms with Gasteiger partial charge in [0.2, 0.25) is 5.91 Å². The van der Waals surface area contributed by atoms with Crippen LogP contribution < -0.4 is 10.1 Å². The van der Waals surface area contributed by atoms with Crippen molar-refractivity contribution in [2.24, 2.45) is 0 Å². The molecular formula is C24H28N4O3S. The molecule has 1 amide bonds. The van der Waals surface area contributed by atoms with Crippen LogP contribution in [0.15, 0.2) is 53.7 Å². The molecule has 0 unspecified atom stereocenters. The summed E-state index contributed by atoms with van der Waals surface area (Å²) in [5.74, 6) is 1.76. The van der Waals surface area contributed by atoms with Gasteiger partial charge in [0.15, 0.2) is 11.0 Å². The highest BCUT2D eigenvalue weighted by atomic mass is 32.2. The molecule has 0 saturated carbocycles. The van der Waals surface area contributed by atoms with Gasteiger partial charge in [0.25, 0.3) is 0 Å². The molecule has 1 aliphatic rings. The van der Waals surface area contributed by atoms with Crippen molar-refractivity contribution < 1.29 is 14.3 Å². The van der Waals surface area contributed by atoms with Crippen LogP contribution in [0.2, 0.25) is 0 Å². The SMILES string of the molecule is Cc1cccc(C)c1OCc1nnc(SCC(=O)NC[C@H]2CCCO2)n1-c1ccccc1. The third-order valence-electron chi connectivity index (χ3n) is 5.35. The summed E-state index contributed by atoms with van der Waals surface area (Å²) in [7, 11) is 0. The number of nitrogens with one attached hydrogen (secondary N) is 1. The number of carbonyl (C=O) groups excluding carboxylic acids is 1. The molecular weight excluding hydrogens is 424 g/mol. The Morgan fingerprint density at radius 1 is 1.16 bits per heavy atom. The number of carbonyl (C=O) groups is 1. The Morgan fingerprint density at radius 3 is 2.66 bits per heavy atom. The van der Waals surface area contributed by atoms with Gasteiger partial charge in [-0.1, -0.05) is 48.2 Å². The second-order valence-corrected chi connectivity index (χ2v) is 8.75. The average Bonchev–Trinajstić information content (AvgIpc) is 3.46. The van der Waals surface area contributed by atoms with Crippen LogP contribution in [0, 0.1) is 13.8 Å². The Bertz CT molecular complexity index is 1030. The fraction of sp³-hybridized carbons (Fsp3) is 0.375. The van der Waals surface area contributed by atoms with Crippen LogP contribution in [-0.2, 0) is 16.1 Å². The van der Waals surface area contributed by atoms with E-state index in [-0.39, 0.29) is 24.4 Å². The third-order valence-corrected chi connectivity index (χ3v) is 6.28. The predicted molar refractivity (Wildman–Crippen MR) is 124 cm³/mol. The molecule has 0 radical (unpaired) electrons. The zero-order chi connectivity index (χ0) is 22.3. The van der Waals surface area contributed by atoms with E-state index < -0.39 is 0 Å². The summed E-state index contributed by atoms with van der Waals surface area (Å²) in [5, 5.41) is 12.3. The fourth-order valence-electron chi connectivity index (χ4n) is 3.70. The number of hydrogen-bond donors (Lipinski definition) is 1. The van der Waals surface area contributed by atoms with Crippen molar-refractivity contribution in [1.29, 1.82) is 0 Å². The van der Waals surface area contributed by atoms with Gasteiger partial charge >= 0.3 is 0 Å². The number of nitrogens with zero attached hydrogens (tertiary/aromatic N) is 3. The number of aryl methyl sites for hydroxylation is 2. The molecule has 1 aliphatic heterocycles. The molecule has 1 fully saturated rings. The van der Waals surface area contributed by atoms with Crippen LogP contribution in [0.1, 0.15) is 29.8 Å². The molecule has 1 N–H and O–H groups in total. The third kappa shape index (κ3) is 5.49. The quantitative estimate of drug-likeness (QED) is 0.497. The van der Waals surface area contributed by atoms with E-state index in [0.717, 1.165) is 42.0 Å². The van der Waals surface area contributed by atoms with Crippen molar-refractivity contribution in [3.63, 3.8) is 0 Å². The van der Waals surface area contributed by atoms with Crippen LogP contribution in [0.3, 0.4) is 0 Å². The molecule has 4 rings (SSSR count). The lowest BCUT2D eigenvalue weighted by Crippen LogP contribution is -2.32. The van der Waals surface area contributed by atoms with E-state index in [4.69, 9.17) is 9.47 Å². The maximum Gasteiger partial charge on any atom is 0.230 e. The number of ether oxygens (including phenoxy) is 2. The van der Waals surface area contributed by atoms with E-state index in [9.17, 15) is 4.79 Å². The molecule has 2 aromatic carbocycles. The van der Waals surface area contributed by atoms with Crippen LogP contribution in [0.5, 0.6) is 5.75 Å².